The fraction of sp³-hybridized carbons (Fsp3) is 0.0909. The topological polar surface area (TPSA) is 63.6 Å². The van der Waals surface area contributed by atoms with E-state index >= 15 is 0 Å². The minimum Gasteiger partial charge on any atom is -0.363 e. The standard InChI is InChI=1S/C22H19N5/c1-16(17-7-3-2-4-8-17)25-21-15-20(19-9-5-6-12-24-19)26-22(27-21)18-10-13-23-14-11-18/h2-16H,1H3,(H,25,26,27). The summed E-state index contributed by atoms with van der Waals surface area (Å²) in [6.07, 6.45) is 5.25. The van der Waals surface area contributed by atoms with Gasteiger partial charge in [0.25, 0.3) is 0 Å². The third kappa shape index (κ3) is 3.98. The Hall–Kier alpha value is -3.60. The third-order valence-electron chi connectivity index (χ3n) is 4.26. The second-order valence-electron chi connectivity index (χ2n) is 6.19. The monoisotopic (exact) mass is 353 g/mol. The van der Waals surface area contributed by atoms with Crippen molar-refractivity contribution in [3.8, 4) is 22.8 Å². The summed E-state index contributed by atoms with van der Waals surface area (Å²) in [5.41, 5.74) is 3.70. The Bertz CT molecular complexity index is 947. The van der Waals surface area contributed by atoms with Gasteiger partial charge in [-0.1, -0.05) is 36.4 Å². The first-order valence-electron chi connectivity index (χ1n) is 8.82. The fourth-order valence-electron chi connectivity index (χ4n) is 2.84. The van der Waals surface area contributed by atoms with Crippen molar-refractivity contribution in [2.24, 2.45) is 0 Å². The summed E-state index contributed by atoms with van der Waals surface area (Å²) in [5.74, 6) is 1.40. The molecule has 3 heterocycles. The molecule has 0 spiro atoms. The smallest absolute Gasteiger partial charge is 0.162 e. The molecule has 132 valence electrons. The molecule has 0 saturated heterocycles. The van der Waals surface area contributed by atoms with E-state index in [0.717, 1.165) is 22.8 Å². The lowest BCUT2D eigenvalue weighted by atomic mass is 10.1. The molecular weight excluding hydrogens is 334 g/mol. The van der Waals surface area contributed by atoms with Crippen LogP contribution >= 0.6 is 0 Å². The van der Waals surface area contributed by atoms with E-state index in [1.54, 1.807) is 18.6 Å². The minimum absolute atomic E-state index is 0.114. The van der Waals surface area contributed by atoms with Crippen LogP contribution in [0.25, 0.3) is 22.8 Å². The molecule has 0 radical (unpaired) electrons. The molecule has 4 rings (SSSR count). The van der Waals surface area contributed by atoms with Crippen LogP contribution in [-0.4, -0.2) is 19.9 Å². The quantitative estimate of drug-likeness (QED) is 0.560. The first-order valence-corrected chi connectivity index (χ1v) is 8.82. The summed E-state index contributed by atoms with van der Waals surface area (Å²) in [5, 5.41) is 3.48. The van der Waals surface area contributed by atoms with Gasteiger partial charge in [0.2, 0.25) is 0 Å². The fourth-order valence-corrected chi connectivity index (χ4v) is 2.84. The van der Waals surface area contributed by atoms with Gasteiger partial charge in [-0.05, 0) is 36.8 Å². The predicted octanol–water partition coefficient (Wildman–Crippen LogP) is 4.77. The molecule has 5 heteroatoms. The van der Waals surface area contributed by atoms with Crippen LogP contribution in [0.2, 0.25) is 0 Å². The van der Waals surface area contributed by atoms with Crippen LogP contribution in [0.1, 0.15) is 18.5 Å². The van der Waals surface area contributed by atoms with Crippen molar-refractivity contribution in [1.29, 1.82) is 0 Å². The Morgan fingerprint density at radius 1 is 0.778 bits per heavy atom. The molecule has 1 aromatic carbocycles. The Balaban J connectivity index is 1.74. The maximum absolute atomic E-state index is 4.72. The van der Waals surface area contributed by atoms with Crippen molar-refractivity contribution in [2.75, 3.05) is 5.32 Å². The molecule has 0 amide bonds. The molecular formula is C22H19N5. The van der Waals surface area contributed by atoms with Crippen LogP contribution in [0.5, 0.6) is 0 Å². The second-order valence-corrected chi connectivity index (χ2v) is 6.19. The highest BCUT2D eigenvalue weighted by Crippen LogP contribution is 2.25. The number of benzene rings is 1. The highest BCUT2D eigenvalue weighted by Gasteiger charge is 2.12. The molecule has 27 heavy (non-hydrogen) atoms. The maximum atomic E-state index is 4.72. The SMILES string of the molecule is CC(Nc1cc(-c2ccccn2)nc(-c2ccncc2)n1)c1ccccc1. The maximum Gasteiger partial charge on any atom is 0.162 e. The van der Waals surface area contributed by atoms with Crippen molar-refractivity contribution in [3.05, 3.63) is 90.9 Å². The number of nitrogens with one attached hydrogen (secondary N) is 1. The van der Waals surface area contributed by atoms with E-state index in [-0.39, 0.29) is 6.04 Å². The van der Waals surface area contributed by atoms with Crippen LogP contribution in [0.15, 0.2) is 85.3 Å². The largest absolute Gasteiger partial charge is 0.363 e. The number of hydrogen-bond donors (Lipinski definition) is 1. The van der Waals surface area contributed by atoms with Gasteiger partial charge in [0, 0.05) is 36.3 Å². The van der Waals surface area contributed by atoms with Crippen LogP contribution in [0.3, 0.4) is 0 Å². The molecule has 0 aliphatic heterocycles. The zero-order valence-corrected chi connectivity index (χ0v) is 14.9. The molecule has 4 aromatic rings. The zero-order valence-electron chi connectivity index (χ0n) is 14.9. The lowest BCUT2D eigenvalue weighted by Gasteiger charge is -2.16. The summed E-state index contributed by atoms with van der Waals surface area (Å²) >= 11 is 0. The van der Waals surface area contributed by atoms with Crippen molar-refractivity contribution >= 4 is 5.82 Å². The first kappa shape index (κ1) is 16.8. The van der Waals surface area contributed by atoms with E-state index in [1.165, 1.54) is 5.56 Å². The van der Waals surface area contributed by atoms with Gasteiger partial charge in [-0.3, -0.25) is 9.97 Å². The van der Waals surface area contributed by atoms with Crippen molar-refractivity contribution < 1.29 is 0 Å². The number of anilines is 1. The molecule has 0 bridgehead atoms. The lowest BCUT2D eigenvalue weighted by Crippen LogP contribution is -2.09. The Labute approximate surface area is 158 Å². The van der Waals surface area contributed by atoms with Gasteiger partial charge < -0.3 is 5.32 Å². The third-order valence-corrected chi connectivity index (χ3v) is 4.26. The Morgan fingerprint density at radius 3 is 2.30 bits per heavy atom. The van der Waals surface area contributed by atoms with Gasteiger partial charge in [0.15, 0.2) is 5.82 Å². The van der Waals surface area contributed by atoms with Gasteiger partial charge in [-0.2, -0.15) is 0 Å². The molecule has 0 fully saturated rings. The van der Waals surface area contributed by atoms with Gasteiger partial charge >= 0.3 is 0 Å². The predicted molar refractivity (Wildman–Crippen MR) is 107 cm³/mol. The number of aromatic nitrogens is 4. The highest BCUT2D eigenvalue weighted by molar-refractivity contribution is 5.65. The van der Waals surface area contributed by atoms with E-state index in [0.29, 0.717) is 5.82 Å². The van der Waals surface area contributed by atoms with Gasteiger partial charge in [-0.15, -0.1) is 0 Å². The normalized spacial score (nSPS) is 11.7. The average molecular weight is 353 g/mol. The summed E-state index contributed by atoms with van der Waals surface area (Å²) in [6, 6.07) is 21.9. The molecule has 3 aromatic heterocycles. The number of hydrogen-bond acceptors (Lipinski definition) is 5. The number of rotatable bonds is 5. The summed E-state index contributed by atoms with van der Waals surface area (Å²) in [6.45, 7) is 2.12. The molecule has 0 saturated carbocycles. The molecule has 0 aliphatic carbocycles. The zero-order chi connectivity index (χ0) is 18.5. The molecule has 1 N–H and O–H groups in total. The van der Waals surface area contributed by atoms with Crippen LogP contribution in [0, 0.1) is 0 Å². The van der Waals surface area contributed by atoms with Crippen molar-refractivity contribution in [3.63, 3.8) is 0 Å². The van der Waals surface area contributed by atoms with Crippen LogP contribution in [-0.2, 0) is 0 Å². The molecule has 5 nitrogen and oxygen atoms in total. The average Bonchev–Trinajstić information content (AvgIpc) is 2.75. The van der Waals surface area contributed by atoms with Gasteiger partial charge in [0.05, 0.1) is 11.4 Å². The van der Waals surface area contributed by atoms with Crippen molar-refractivity contribution in [1.82, 2.24) is 19.9 Å². The van der Waals surface area contributed by atoms with Gasteiger partial charge in [-0.25, -0.2) is 9.97 Å². The Kier molecular flexibility index (Phi) is 4.83. The first-order chi connectivity index (χ1) is 13.3. The summed E-state index contributed by atoms with van der Waals surface area (Å²) in [7, 11) is 0. The lowest BCUT2D eigenvalue weighted by molar-refractivity contribution is 0.873. The van der Waals surface area contributed by atoms with Crippen LogP contribution in [0.4, 0.5) is 5.82 Å². The molecule has 1 atom stereocenters. The van der Waals surface area contributed by atoms with Gasteiger partial charge in [0.1, 0.15) is 5.82 Å². The van der Waals surface area contributed by atoms with E-state index < -0.39 is 0 Å². The van der Waals surface area contributed by atoms with E-state index in [4.69, 9.17) is 9.97 Å². The van der Waals surface area contributed by atoms with Crippen LogP contribution < -0.4 is 5.32 Å². The molecule has 0 aliphatic rings. The minimum atomic E-state index is 0.114. The summed E-state index contributed by atoms with van der Waals surface area (Å²) < 4.78 is 0. The number of pyridine rings is 2. The van der Waals surface area contributed by atoms with E-state index in [1.807, 2.05) is 54.6 Å². The Morgan fingerprint density at radius 2 is 1.56 bits per heavy atom. The molecule has 1 unspecified atom stereocenters. The van der Waals surface area contributed by atoms with E-state index in [2.05, 4.69) is 34.3 Å². The van der Waals surface area contributed by atoms with E-state index in [9.17, 15) is 0 Å². The second kappa shape index (κ2) is 7.74. The number of nitrogens with zero attached hydrogens (tertiary/aromatic N) is 4. The highest BCUT2D eigenvalue weighted by atomic mass is 15.1. The summed E-state index contributed by atoms with van der Waals surface area (Å²) in [4.78, 5) is 17.9. The van der Waals surface area contributed by atoms with Crippen molar-refractivity contribution in [2.45, 2.75) is 13.0 Å².